The Morgan fingerprint density at radius 3 is 2.54 bits per heavy atom. The third-order valence-corrected chi connectivity index (χ3v) is 6.62. The van der Waals surface area contributed by atoms with E-state index in [4.69, 9.17) is 0 Å². The number of rotatable bonds is 8. The van der Waals surface area contributed by atoms with Gasteiger partial charge in [0.1, 0.15) is 12.4 Å². The maximum absolute atomic E-state index is 13.7. The van der Waals surface area contributed by atoms with Crippen molar-refractivity contribution < 1.29 is 17.6 Å². The fourth-order valence-corrected chi connectivity index (χ4v) is 4.47. The van der Waals surface area contributed by atoms with Crippen molar-refractivity contribution in [3.05, 3.63) is 62.7 Å². The molecule has 1 aromatic heterocycles. The number of nitrogens with one attached hydrogen (secondary N) is 1. The van der Waals surface area contributed by atoms with E-state index in [2.05, 4.69) is 21.2 Å². The van der Waals surface area contributed by atoms with Crippen LogP contribution in [0.1, 0.15) is 19.4 Å². The molecule has 10 heteroatoms. The molecule has 2 aromatic rings. The molecular weight excluding hydrogens is 453 g/mol. The number of sulfonamides is 1. The summed E-state index contributed by atoms with van der Waals surface area (Å²) in [4.78, 5) is 24.1. The van der Waals surface area contributed by atoms with Gasteiger partial charge in [0.05, 0.1) is 4.90 Å². The number of pyridine rings is 1. The number of benzene rings is 1. The van der Waals surface area contributed by atoms with E-state index in [1.165, 1.54) is 16.4 Å². The number of carbonyl (C=O) groups excluding carboxylic acids is 1. The Morgan fingerprint density at radius 2 is 1.89 bits per heavy atom. The van der Waals surface area contributed by atoms with Crippen molar-refractivity contribution in [3.63, 3.8) is 0 Å². The van der Waals surface area contributed by atoms with E-state index in [0.717, 1.165) is 16.8 Å². The van der Waals surface area contributed by atoms with Crippen LogP contribution in [-0.2, 0) is 27.9 Å². The molecule has 0 saturated heterocycles. The van der Waals surface area contributed by atoms with Crippen LogP contribution in [0.4, 0.5) is 4.39 Å². The lowest BCUT2D eigenvalue weighted by Crippen LogP contribution is -2.34. The van der Waals surface area contributed by atoms with Gasteiger partial charge in [-0.15, -0.1) is 0 Å². The summed E-state index contributed by atoms with van der Waals surface area (Å²) in [6, 6.07) is 6.69. The summed E-state index contributed by atoms with van der Waals surface area (Å²) in [5.74, 6) is -1.01. The topological polar surface area (TPSA) is 88.5 Å². The Hall–Kier alpha value is -2.04. The van der Waals surface area contributed by atoms with E-state index >= 15 is 0 Å². The van der Waals surface area contributed by atoms with Gasteiger partial charge in [-0.05, 0) is 24.3 Å². The van der Waals surface area contributed by atoms with Crippen LogP contribution in [0.3, 0.4) is 0 Å². The monoisotopic (exact) mass is 473 g/mol. The molecule has 7 nitrogen and oxygen atoms in total. The van der Waals surface area contributed by atoms with E-state index in [9.17, 15) is 22.4 Å². The molecule has 1 aromatic carbocycles. The number of amides is 1. The summed E-state index contributed by atoms with van der Waals surface area (Å²) < 4.78 is 41.9. The second-order valence-corrected chi connectivity index (χ2v) is 8.79. The zero-order valence-corrected chi connectivity index (χ0v) is 17.9. The van der Waals surface area contributed by atoms with Crippen molar-refractivity contribution in [1.29, 1.82) is 0 Å². The predicted octanol–water partition coefficient (Wildman–Crippen LogP) is 2.10. The third-order valence-electron chi connectivity index (χ3n) is 4.10. The summed E-state index contributed by atoms with van der Waals surface area (Å²) in [5, 5.41) is 2.53. The van der Waals surface area contributed by atoms with Crippen molar-refractivity contribution in [2.24, 2.45) is 0 Å². The lowest BCUT2D eigenvalue weighted by atomic mass is 10.2. The van der Waals surface area contributed by atoms with Crippen LogP contribution in [0.25, 0.3) is 0 Å². The first-order chi connectivity index (χ1) is 13.2. The van der Waals surface area contributed by atoms with Crippen LogP contribution in [0.5, 0.6) is 0 Å². The molecule has 0 fully saturated rings. The van der Waals surface area contributed by atoms with Gasteiger partial charge in [0.15, 0.2) is 0 Å². The number of aromatic nitrogens is 1. The van der Waals surface area contributed by atoms with Gasteiger partial charge in [-0.25, -0.2) is 12.8 Å². The van der Waals surface area contributed by atoms with Crippen molar-refractivity contribution in [2.45, 2.75) is 31.8 Å². The lowest BCUT2D eigenvalue weighted by Gasteiger charge is -2.19. The molecule has 0 saturated carbocycles. The summed E-state index contributed by atoms with van der Waals surface area (Å²) in [6.07, 6.45) is 1.15. The minimum absolute atomic E-state index is 0.0592. The second-order valence-electron chi connectivity index (χ2n) is 5.93. The molecule has 0 aliphatic heterocycles. The summed E-state index contributed by atoms with van der Waals surface area (Å²) in [7, 11) is -3.75. The van der Waals surface area contributed by atoms with Crippen LogP contribution in [-0.4, -0.2) is 36.3 Å². The largest absolute Gasteiger partial charge is 0.350 e. The van der Waals surface area contributed by atoms with Crippen LogP contribution in [0, 0.1) is 5.82 Å². The first-order valence-electron chi connectivity index (χ1n) is 8.60. The average Bonchev–Trinajstić information content (AvgIpc) is 2.65. The highest BCUT2D eigenvalue weighted by molar-refractivity contribution is 9.10. The highest BCUT2D eigenvalue weighted by Crippen LogP contribution is 2.15. The van der Waals surface area contributed by atoms with E-state index in [0.29, 0.717) is 4.47 Å². The quantitative estimate of drug-likeness (QED) is 0.635. The first-order valence-corrected chi connectivity index (χ1v) is 10.8. The van der Waals surface area contributed by atoms with Gasteiger partial charge in [-0.3, -0.25) is 9.59 Å². The molecule has 0 radical (unpaired) electrons. The third kappa shape index (κ3) is 5.27. The maximum atomic E-state index is 13.7. The molecule has 1 amide bonds. The molecule has 0 spiro atoms. The Bertz CT molecular complexity index is 1020. The van der Waals surface area contributed by atoms with Crippen molar-refractivity contribution in [3.8, 4) is 0 Å². The van der Waals surface area contributed by atoms with Gasteiger partial charge in [0.2, 0.25) is 15.9 Å². The molecule has 0 unspecified atom stereocenters. The van der Waals surface area contributed by atoms with Crippen molar-refractivity contribution in [1.82, 2.24) is 14.2 Å². The molecule has 152 valence electrons. The van der Waals surface area contributed by atoms with E-state index in [1.807, 2.05) is 0 Å². The molecule has 1 N–H and O–H groups in total. The number of hydrogen-bond donors (Lipinski definition) is 1. The summed E-state index contributed by atoms with van der Waals surface area (Å²) >= 11 is 3.23. The molecule has 0 aliphatic rings. The fraction of sp³-hybridized carbons (Fsp3) is 0.333. The van der Waals surface area contributed by atoms with E-state index < -0.39 is 27.3 Å². The SMILES string of the molecule is CCN(CC)S(=O)(=O)c1ccc(=O)n(CC(=O)NCc2cc(Br)ccc2F)c1. The predicted molar refractivity (Wildman–Crippen MR) is 107 cm³/mol. The average molecular weight is 474 g/mol. The summed E-state index contributed by atoms with van der Waals surface area (Å²) in [5.41, 5.74) is -0.227. The molecule has 2 rings (SSSR count). The van der Waals surface area contributed by atoms with E-state index in [-0.39, 0.29) is 36.6 Å². The number of nitrogens with zero attached hydrogens (tertiary/aromatic N) is 2. The zero-order chi connectivity index (χ0) is 20.9. The number of carbonyl (C=O) groups is 1. The number of hydrogen-bond acceptors (Lipinski definition) is 4. The maximum Gasteiger partial charge on any atom is 0.251 e. The molecule has 0 aliphatic carbocycles. The molecule has 0 atom stereocenters. The minimum Gasteiger partial charge on any atom is -0.350 e. The normalized spacial score (nSPS) is 11.6. The van der Waals surface area contributed by atoms with Gasteiger partial charge in [-0.1, -0.05) is 29.8 Å². The van der Waals surface area contributed by atoms with Gasteiger partial charge in [-0.2, -0.15) is 4.31 Å². The standard InChI is InChI=1S/C18H21BrFN3O4S/c1-3-23(4-2)28(26,27)15-6-8-18(25)22(11-15)12-17(24)21-10-13-9-14(19)5-7-16(13)20/h5-9,11H,3-4,10,12H2,1-2H3,(H,21,24). The molecular formula is C18H21BrFN3O4S. The highest BCUT2D eigenvalue weighted by Gasteiger charge is 2.22. The van der Waals surface area contributed by atoms with Crippen molar-refractivity contribution >= 4 is 31.9 Å². The van der Waals surface area contributed by atoms with Crippen LogP contribution < -0.4 is 10.9 Å². The van der Waals surface area contributed by atoms with Crippen LogP contribution in [0.15, 0.2) is 50.7 Å². The number of halogens is 2. The summed E-state index contributed by atoms with van der Waals surface area (Å²) in [6.45, 7) is 3.57. The van der Waals surface area contributed by atoms with Crippen LogP contribution in [0.2, 0.25) is 0 Å². The second kappa shape index (κ2) is 9.44. The van der Waals surface area contributed by atoms with Gasteiger partial charge < -0.3 is 9.88 Å². The smallest absolute Gasteiger partial charge is 0.251 e. The van der Waals surface area contributed by atoms with Gasteiger partial charge in [0.25, 0.3) is 5.56 Å². The Labute approximate surface area is 171 Å². The van der Waals surface area contributed by atoms with Gasteiger partial charge >= 0.3 is 0 Å². The molecule has 28 heavy (non-hydrogen) atoms. The Balaban J connectivity index is 2.16. The van der Waals surface area contributed by atoms with E-state index in [1.54, 1.807) is 26.0 Å². The first kappa shape index (κ1) is 22.3. The fourth-order valence-electron chi connectivity index (χ4n) is 2.58. The van der Waals surface area contributed by atoms with Crippen LogP contribution >= 0.6 is 15.9 Å². The molecule has 1 heterocycles. The Morgan fingerprint density at radius 1 is 1.21 bits per heavy atom. The highest BCUT2D eigenvalue weighted by atomic mass is 79.9. The van der Waals surface area contributed by atoms with Crippen molar-refractivity contribution in [2.75, 3.05) is 13.1 Å². The molecule has 0 bridgehead atoms. The zero-order valence-electron chi connectivity index (χ0n) is 15.5. The minimum atomic E-state index is -3.75. The van der Waals surface area contributed by atoms with Gasteiger partial charge in [0, 0.05) is 41.9 Å². The lowest BCUT2D eigenvalue weighted by molar-refractivity contribution is -0.121. The Kier molecular flexibility index (Phi) is 7.50.